The third kappa shape index (κ3) is 3.56. The summed E-state index contributed by atoms with van der Waals surface area (Å²) >= 11 is 3.39. The molecule has 4 nitrogen and oxygen atoms in total. The van der Waals surface area contributed by atoms with Crippen LogP contribution in [-0.2, 0) is 0 Å². The maximum atomic E-state index is 4.34. The fourth-order valence-corrected chi connectivity index (χ4v) is 1.62. The first-order chi connectivity index (χ1) is 8.78. The van der Waals surface area contributed by atoms with E-state index in [1.165, 1.54) is 0 Å². The van der Waals surface area contributed by atoms with Gasteiger partial charge in [-0.3, -0.25) is 0 Å². The number of halogens is 1. The van der Waals surface area contributed by atoms with Gasteiger partial charge in [-0.1, -0.05) is 22.0 Å². The average molecular weight is 305 g/mol. The fraction of sp³-hybridized carbons (Fsp3) is 0.0769. The van der Waals surface area contributed by atoms with Crippen LogP contribution in [0.2, 0.25) is 0 Å². The van der Waals surface area contributed by atoms with Crippen molar-refractivity contribution in [2.45, 2.75) is 0 Å². The van der Waals surface area contributed by atoms with Crippen molar-refractivity contribution in [3.05, 3.63) is 53.7 Å². The number of hydrogen-bond donors (Lipinski definition) is 2. The number of nitrogens with one attached hydrogen (secondary N) is 2. The van der Waals surface area contributed by atoms with Crippen molar-refractivity contribution in [3.8, 4) is 0 Å². The molecule has 0 bridgehead atoms. The van der Waals surface area contributed by atoms with E-state index in [4.69, 9.17) is 0 Å². The van der Waals surface area contributed by atoms with Crippen LogP contribution in [0.3, 0.4) is 0 Å². The Labute approximate surface area is 114 Å². The number of benzene rings is 1. The third-order valence-corrected chi connectivity index (χ3v) is 2.71. The summed E-state index contributed by atoms with van der Waals surface area (Å²) in [5.41, 5.74) is 0.944. The van der Waals surface area contributed by atoms with Crippen molar-refractivity contribution < 1.29 is 0 Å². The van der Waals surface area contributed by atoms with Gasteiger partial charge in [0.15, 0.2) is 0 Å². The van der Waals surface area contributed by atoms with Crippen molar-refractivity contribution in [2.24, 2.45) is 0 Å². The maximum absolute atomic E-state index is 4.34. The molecule has 0 atom stereocenters. The lowest BCUT2D eigenvalue weighted by Gasteiger charge is -2.07. The quantitative estimate of drug-likeness (QED) is 0.829. The van der Waals surface area contributed by atoms with Gasteiger partial charge in [0.2, 0.25) is 5.95 Å². The molecule has 0 saturated carbocycles. The second-order valence-corrected chi connectivity index (χ2v) is 4.48. The second-order valence-electron chi connectivity index (χ2n) is 3.57. The van der Waals surface area contributed by atoms with Gasteiger partial charge in [0.25, 0.3) is 0 Å². The minimum Gasteiger partial charge on any atom is -0.366 e. The van der Waals surface area contributed by atoms with Gasteiger partial charge in [0, 0.05) is 22.9 Å². The molecular formula is C13H13BrN4. The van der Waals surface area contributed by atoms with Gasteiger partial charge in [0.05, 0.1) is 0 Å². The molecule has 0 unspecified atom stereocenters. The fourth-order valence-electron chi connectivity index (χ4n) is 1.36. The number of rotatable bonds is 5. The number of nitrogens with zero attached hydrogens (tertiary/aromatic N) is 2. The highest BCUT2D eigenvalue weighted by Crippen LogP contribution is 2.17. The van der Waals surface area contributed by atoms with E-state index in [1.54, 1.807) is 12.3 Å². The van der Waals surface area contributed by atoms with E-state index >= 15 is 0 Å². The van der Waals surface area contributed by atoms with E-state index in [-0.39, 0.29) is 0 Å². The Balaban J connectivity index is 2.08. The lowest BCUT2D eigenvalue weighted by molar-refractivity contribution is 1.14. The highest BCUT2D eigenvalue weighted by Gasteiger charge is 1.99. The molecule has 1 heterocycles. The van der Waals surface area contributed by atoms with E-state index in [2.05, 4.69) is 43.1 Å². The van der Waals surface area contributed by atoms with Crippen molar-refractivity contribution in [1.29, 1.82) is 0 Å². The molecule has 0 aliphatic rings. The van der Waals surface area contributed by atoms with Crippen molar-refractivity contribution in [2.75, 3.05) is 17.2 Å². The molecular weight excluding hydrogens is 292 g/mol. The lowest BCUT2D eigenvalue weighted by atomic mass is 10.3. The zero-order chi connectivity index (χ0) is 12.8. The molecule has 0 saturated heterocycles. The molecule has 2 rings (SSSR count). The molecule has 0 aliphatic heterocycles. The minimum atomic E-state index is 0.561. The Hall–Kier alpha value is -1.88. The summed E-state index contributed by atoms with van der Waals surface area (Å²) in [6.07, 6.45) is 3.49. The minimum absolute atomic E-state index is 0.561. The van der Waals surface area contributed by atoms with Gasteiger partial charge in [-0.05, 0) is 30.3 Å². The first-order valence-corrected chi connectivity index (χ1v) is 6.27. The summed E-state index contributed by atoms with van der Waals surface area (Å²) in [7, 11) is 0. The van der Waals surface area contributed by atoms with Crippen molar-refractivity contribution in [3.63, 3.8) is 0 Å². The Kier molecular flexibility index (Phi) is 4.30. The third-order valence-electron chi connectivity index (χ3n) is 2.18. The molecule has 18 heavy (non-hydrogen) atoms. The SMILES string of the molecule is C=CCNc1ccnc(Nc2ccc(Br)cc2)n1. The Morgan fingerprint density at radius 2 is 2.00 bits per heavy atom. The summed E-state index contributed by atoms with van der Waals surface area (Å²) in [4.78, 5) is 8.50. The van der Waals surface area contributed by atoms with E-state index in [0.717, 1.165) is 16.0 Å². The molecule has 92 valence electrons. The Morgan fingerprint density at radius 3 is 2.72 bits per heavy atom. The van der Waals surface area contributed by atoms with Gasteiger partial charge in [-0.2, -0.15) is 4.98 Å². The molecule has 2 aromatic rings. The first kappa shape index (κ1) is 12.6. The van der Waals surface area contributed by atoms with E-state index in [1.807, 2.05) is 30.3 Å². The maximum Gasteiger partial charge on any atom is 0.229 e. The Morgan fingerprint density at radius 1 is 1.22 bits per heavy atom. The summed E-state index contributed by atoms with van der Waals surface area (Å²) in [6, 6.07) is 9.65. The topological polar surface area (TPSA) is 49.8 Å². The van der Waals surface area contributed by atoms with Gasteiger partial charge >= 0.3 is 0 Å². The van der Waals surface area contributed by atoms with Crippen molar-refractivity contribution in [1.82, 2.24) is 9.97 Å². The molecule has 2 N–H and O–H groups in total. The molecule has 1 aromatic carbocycles. The van der Waals surface area contributed by atoms with E-state index in [0.29, 0.717) is 12.5 Å². The van der Waals surface area contributed by atoms with E-state index in [9.17, 15) is 0 Å². The molecule has 0 fully saturated rings. The van der Waals surface area contributed by atoms with Gasteiger partial charge in [-0.25, -0.2) is 4.98 Å². The van der Waals surface area contributed by atoms with Crippen LogP contribution in [0.1, 0.15) is 0 Å². The smallest absolute Gasteiger partial charge is 0.229 e. The van der Waals surface area contributed by atoms with Crippen LogP contribution in [0.25, 0.3) is 0 Å². The van der Waals surface area contributed by atoms with Crippen LogP contribution < -0.4 is 10.6 Å². The van der Waals surface area contributed by atoms with Crippen LogP contribution in [0.15, 0.2) is 53.7 Å². The molecule has 0 aliphatic carbocycles. The lowest BCUT2D eigenvalue weighted by Crippen LogP contribution is -2.03. The van der Waals surface area contributed by atoms with Crippen molar-refractivity contribution >= 4 is 33.4 Å². The predicted octanol–water partition coefficient (Wildman–Crippen LogP) is 3.58. The standard InChI is InChI=1S/C13H13BrN4/c1-2-8-15-12-7-9-16-13(18-12)17-11-5-3-10(14)4-6-11/h2-7,9H,1,8H2,(H2,15,16,17,18). The molecule has 0 radical (unpaired) electrons. The first-order valence-electron chi connectivity index (χ1n) is 5.48. The predicted molar refractivity (Wildman–Crippen MR) is 78.1 cm³/mol. The summed E-state index contributed by atoms with van der Waals surface area (Å²) in [5, 5.41) is 6.25. The molecule has 0 amide bonds. The van der Waals surface area contributed by atoms with Crippen LogP contribution in [0, 0.1) is 0 Å². The number of hydrogen-bond acceptors (Lipinski definition) is 4. The van der Waals surface area contributed by atoms with Gasteiger partial charge in [-0.15, -0.1) is 6.58 Å². The zero-order valence-electron chi connectivity index (χ0n) is 9.73. The van der Waals surface area contributed by atoms with Crippen LogP contribution in [0.4, 0.5) is 17.5 Å². The van der Waals surface area contributed by atoms with Gasteiger partial charge in [0.1, 0.15) is 5.82 Å². The largest absolute Gasteiger partial charge is 0.366 e. The van der Waals surface area contributed by atoms with E-state index < -0.39 is 0 Å². The second kappa shape index (κ2) is 6.16. The molecule has 0 spiro atoms. The monoisotopic (exact) mass is 304 g/mol. The highest BCUT2D eigenvalue weighted by atomic mass is 79.9. The van der Waals surface area contributed by atoms with Crippen LogP contribution in [0.5, 0.6) is 0 Å². The summed E-state index contributed by atoms with van der Waals surface area (Å²) in [6.45, 7) is 4.32. The normalized spacial score (nSPS) is 9.83. The summed E-state index contributed by atoms with van der Waals surface area (Å²) < 4.78 is 1.04. The Bertz CT molecular complexity index is 525. The average Bonchev–Trinajstić information content (AvgIpc) is 2.40. The number of aromatic nitrogens is 2. The number of anilines is 3. The van der Waals surface area contributed by atoms with Gasteiger partial charge < -0.3 is 10.6 Å². The molecule has 5 heteroatoms. The molecule has 1 aromatic heterocycles. The zero-order valence-corrected chi connectivity index (χ0v) is 11.3. The highest BCUT2D eigenvalue weighted by molar-refractivity contribution is 9.10. The summed E-state index contributed by atoms with van der Waals surface area (Å²) in [5.74, 6) is 1.33. The van der Waals surface area contributed by atoms with Crippen LogP contribution >= 0.6 is 15.9 Å². The van der Waals surface area contributed by atoms with Crippen LogP contribution in [-0.4, -0.2) is 16.5 Å².